The van der Waals surface area contributed by atoms with E-state index >= 15 is 0 Å². The number of piperazine rings is 1. The van der Waals surface area contributed by atoms with Crippen LogP contribution in [0.25, 0.3) is 0 Å². The summed E-state index contributed by atoms with van der Waals surface area (Å²) in [7, 11) is -3.57. The van der Waals surface area contributed by atoms with Crippen LogP contribution in [0.2, 0.25) is 0 Å². The normalized spacial score (nSPS) is 17.2. The highest BCUT2D eigenvalue weighted by Crippen LogP contribution is 2.26. The lowest BCUT2D eigenvalue weighted by molar-refractivity contribution is -0.132. The zero-order chi connectivity index (χ0) is 21.8. The molecule has 31 heavy (non-hydrogen) atoms. The van der Waals surface area contributed by atoms with Crippen molar-refractivity contribution < 1.29 is 22.4 Å². The maximum Gasteiger partial charge on any atom is 0.286 e. The molecule has 1 N–H and O–H groups in total. The number of furan rings is 1. The quantitative estimate of drug-likeness (QED) is 0.731. The van der Waals surface area contributed by atoms with Gasteiger partial charge < -0.3 is 14.6 Å². The van der Waals surface area contributed by atoms with Crippen molar-refractivity contribution in [2.45, 2.75) is 37.0 Å². The predicted molar refractivity (Wildman–Crippen MR) is 114 cm³/mol. The molecule has 2 aliphatic rings. The van der Waals surface area contributed by atoms with Crippen molar-refractivity contribution in [1.29, 1.82) is 0 Å². The Balaban J connectivity index is 1.28. The number of fused-ring (bicyclic) bond motifs is 1. The van der Waals surface area contributed by atoms with E-state index < -0.39 is 10.0 Å². The van der Waals surface area contributed by atoms with Crippen LogP contribution in [-0.4, -0.2) is 62.2 Å². The van der Waals surface area contributed by atoms with E-state index in [0.29, 0.717) is 18.0 Å². The fourth-order valence-electron chi connectivity index (χ4n) is 4.13. The molecular formula is C22H27N3O5S. The zero-order valence-electron chi connectivity index (χ0n) is 17.4. The van der Waals surface area contributed by atoms with Gasteiger partial charge in [-0.25, -0.2) is 8.42 Å². The number of carbonyl (C=O) groups excluding carboxylic acids is 2. The van der Waals surface area contributed by atoms with Crippen LogP contribution >= 0.6 is 0 Å². The molecular weight excluding hydrogens is 418 g/mol. The van der Waals surface area contributed by atoms with Gasteiger partial charge in [-0.15, -0.1) is 0 Å². The van der Waals surface area contributed by atoms with Gasteiger partial charge in [-0.1, -0.05) is 6.07 Å². The van der Waals surface area contributed by atoms with Crippen molar-refractivity contribution in [3.8, 4) is 0 Å². The standard InChI is InChI=1S/C22H27N3O5S/c26-21(9-10-23-22(27)20-6-3-15-30-20)24-11-13-25(14-12-24)31(28,29)19-8-7-17-4-1-2-5-18(17)16-19/h3,6-8,15-16H,1-2,4-5,9-14H2,(H,23,27). The number of nitrogens with one attached hydrogen (secondary N) is 1. The van der Waals surface area contributed by atoms with Gasteiger partial charge in [-0.05, 0) is 61.1 Å². The minimum Gasteiger partial charge on any atom is -0.459 e. The van der Waals surface area contributed by atoms with Crippen molar-refractivity contribution >= 4 is 21.8 Å². The van der Waals surface area contributed by atoms with E-state index in [2.05, 4.69) is 5.32 Å². The van der Waals surface area contributed by atoms with E-state index in [1.54, 1.807) is 23.1 Å². The average Bonchev–Trinajstić information content (AvgIpc) is 3.34. The van der Waals surface area contributed by atoms with Gasteiger partial charge in [0.15, 0.2) is 5.76 Å². The number of hydrogen-bond acceptors (Lipinski definition) is 5. The van der Waals surface area contributed by atoms with Crippen LogP contribution in [0.1, 0.15) is 40.9 Å². The SMILES string of the molecule is O=C(NCCC(=O)N1CCN(S(=O)(=O)c2ccc3c(c2)CCCC3)CC1)c1ccco1. The first-order valence-corrected chi connectivity index (χ1v) is 12.1. The molecule has 1 aliphatic heterocycles. The summed E-state index contributed by atoms with van der Waals surface area (Å²) in [6, 6.07) is 8.65. The molecule has 2 aromatic rings. The molecule has 0 atom stereocenters. The minimum absolute atomic E-state index is 0.106. The molecule has 4 rings (SSSR count). The molecule has 0 unspecified atom stereocenters. The molecule has 8 nitrogen and oxygen atoms in total. The van der Waals surface area contributed by atoms with Gasteiger partial charge in [0, 0.05) is 39.1 Å². The van der Waals surface area contributed by atoms with E-state index in [-0.39, 0.29) is 43.6 Å². The first-order chi connectivity index (χ1) is 14.9. The Morgan fingerprint density at radius 2 is 1.74 bits per heavy atom. The van der Waals surface area contributed by atoms with E-state index in [0.717, 1.165) is 31.2 Å². The Labute approximate surface area is 182 Å². The summed E-state index contributed by atoms with van der Waals surface area (Å²) in [5, 5.41) is 2.65. The molecule has 0 bridgehead atoms. The van der Waals surface area contributed by atoms with Crippen LogP contribution in [0.15, 0.2) is 45.9 Å². The molecule has 0 spiro atoms. The number of hydrogen-bond donors (Lipinski definition) is 1. The lowest BCUT2D eigenvalue weighted by atomic mass is 9.92. The van der Waals surface area contributed by atoms with Crippen LogP contribution in [0, 0.1) is 0 Å². The summed E-state index contributed by atoms with van der Waals surface area (Å²) < 4.78 is 32.6. The van der Waals surface area contributed by atoms with Crippen LogP contribution in [0.3, 0.4) is 0 Å². The smallest absolute Gasteiger partial charge is 0.286 e. The van der Waals surface area contributed by atoms with Gasteiger partial charge in [0.05, 0.1) is 11.2 Å². The van der Waals surface area contributed by atoms with Crippen molar-refractivity contribution in [3.05, 3.63) is 53.5 Å². The second kappa shape index (κ2) is 9.23. The molecule has 1 aromatic carbocycles. The van der Waals surface area contributed by atoms with E-state index in [1.165, 1.54) is 16.1 Å². The highest BCUT2D eigenvalue weighted by atomic mass is 32.2. The molecule has 2 amide bonds. The van der Waals surface area contributed by atoms with Gasteiger partial charge in [0.25, 0.3) is 5.91 Å². The Morgan fingerprint density at radius 1 is 1.00 bits per heavy atom. The highest BCUT2D eigenvalue weighted by Gasteiger charge is 2.30. The highest BCUT2D eigenvalue weighted by molar-refractivity contribution is 7.89. The summed E-state index contributed by atoms with van der Waals surface area (Å²) in [6.45, 7) is 1.42. The van der Waals surface area contributed by atoms with Crippen LogP contribution in [-0.2, 0) is 27.7 Å². The maximum atomic E-state index is 13.1. The number of nitrogens with zero attached hydrogens (tertiary/aromatic N) is 2. The van der Waals surface area contributed by atoms with Crippen LogP contribution < -0.4 is 5.32 Å². The number of amides is 2. The molecule has 1 aliphatic carbocycles. The van der Waals surface area contributed by atoms with E-state index in [1.807, 2.05) is 12.1 Å². The summed E-state index contributed by atoms with van der Waals surface area (Å²) in [5.74, 6) is -0.266. The third-order valence-corrected chi connectivity index (χ3v) is 7.81. The van der Waals surface area contributed by atoms with Gasteiger partial charge in [-0.3, -0.25) is 9.59 Å². The fourth-order valence-corrected chi connectivity index (χ4v) is 5.61. The monoisotopic (exact) mass is 445 g/mol. The zero-order valence-corrected chi connectivity index (χ0v) is 18.2. The first kappa shape index (κ1) is 21.6. The first-order valence-electron chi connectivity index (χ1n) is 10.7. The molecule has 9 heteroatoms. The second-order valence-corrected chi connectivity index (χ2v) is 9.84. The van der Waals surface area contributed by atoms with Crippen molar-refractivity contribution in [2.24, 2.45) is 0 Å². The summed E-state index contributed by atoms with van der Waals surface area (Å²) in [4.78, 5) is 26.3. The topological polar surface area (TPSA) is 99.9 Å². The number of aryl methyl sites for hydroxylation is 2. The number of benzene rings is 1. The molecule has 0 saturated carbocycles. The number of rotatable bonds is 6. The van der Waals surface area contributed by atoms with Crippen LogP contribution in [0.5, 0.6) is 0 Å². The molecule has 166 valence electrons. The van der Waals surface area contributed by atoms with Gasteiger partial charge in [-0.2, -0.15) is 4.31 Å². The summed E-state index contributed by atoms with van der Waals surface area (Å²) in [5.41, 5.74) is 2.39. The molecule has 1 aromatic heterocycles. The van der Waals surface area contributed by atoms with Gasteiger partial charge >= 0.3 is 0 Å². The number of carbonyl (C=O) groups is 2. The lowest BCUT2D eigenvalue weighted by Gasteiger charge is -2.34. The minimum atomic E-state index is -3.57. The van der Waals surface area contributed by atoms with Crippen molar-refractivity contribution in [3.63, 3.8) is 0 Å². The third-order valence-electron chi connectivity index (χ3n) is 5.92. The van der Waals surface area contributed by atoms with Gasteiger partial charge in [0.2, 0.25) is 15.9 Å². The van der Waals surface area contributed by atoms with Crippen molar-refractivity contribution in [2.75, 3.05) is 32.7 Å². The molecule has 0 radical (unpaired) electrons. The Kier molecular flexibility index (Phi) is 6.43. The Bertz CT molecular complexity index is 1040. The largest absolute Gasteiger partial charge is 0.459 e. The average molecular weight is 446 g/mol. The van der Waals surface area contributed by atoms with E-state index in [4.69, 9.17) is 4.42 Å². The third kappa shape index (κ3) is 4.83. The summed E-state index contributed by atoms with van der Waals surface area (Å²) >= 11 is 0. The summed E-state index contributed by atoms with van der Waals surface area (Å²) in [6.07, 6.45) is 5.76. The fraction of sp³-hybridized carbons (Fsp3) is 0.455. The predicted octanol–water partition coefficient (Wildman–Crippen LogP) is 1.81. The van der Waals surface area contributed by atoms with Crippen LogP contribution in [0.4, 0.5) is 0 Å². The lowest BCUT2D eigenvalue weighted by Crippen LogP contribution is -2.50. The molecule has 1 fully saturated rings. The maximum absolute atomic E-state index is 13.1. The molecule has 1 saturated heterocycles. The second-order valence-electron chi connectivity index (χ2n) is 7.91. The number of sulfonamides is 1. The Morgan fingerprint density at radius 3 is 2.45 bits per heavy atom. The van der Waals surface area contributed by atoms with Gasteiger partial charge in [0.1, 0.15) is 0 Å². The molecule has 2 heterocycles. The van der Waals surface area contributed by atoms with E-state index in [9.17, 15) is 18.0 Å². The Hall–Kier alpha value is -2.65. The van der Waals surface area contributed by atoms with Crippen molar-refractivity contribution in [1.82, 2.24) is 14.5 Å².